The molecule has 0 amide bonds. The van der Waals surface area contributed by atoms with Gasteiger partial charge in [0.1, 0.15) is 30.0 Å². The topological polar surface area (TPSA) is 39.9 Å². The van der Waals surface area contributed by atoms with Gasteiger partial charge in [-0.3, -0.25) is 0 Å². The van der Waals surface area contributed by atoms with E-state index in [0.29, 0.717) is 17.7 Å². The van der Waals surface area contributed by atoms with E-state index in [-0.39, 0.29) is 0 Å². The average Bonchev–Trinajstić information content (AvgIpc) is 3.08. The van der Waals surface area contributed by atoms with Crippen molar-refractivity contribution in [1.29, 1.82) is 0 Å². The Kier molecular flexibility index (Phi) is 4.65. The Labute approximate surface area is 138 Å². The third-order valence-corrected chi connectivity index (χ3v) is 3.53. The van der Waals surface area contributed by atoms with Crippen molar-refractivity contribution in [3.8, 4) is 5.75 Å². The van der Waals surface area contributed by atoms with Crippen molar-refractivity contribution >= 4 is 11.6 Å². The van der Waals surface area contributed by atoms with Gasteiger partial charge in [-0.15, -0.1) is 0 Å². The zero-order chi connectivity index (χ0) is 16.9. The second kappa shape index (κ2) is 7.04. The molecule has 6 heteroatoms. The van der Waals surface area contributed by atoms with Gasteiger partial charge in [0.25, 0.3) is 0 Å². The normalized spacial score (nSPS) is 11.5. The second-order valence-electron chi connectivity index (χ2n) is 5.16. The van der Waals surface area contributed by atoms with Crippen LogP contribution in [0.15, 0.2) is 55.1 Å². The molecular formula is C18H15F2N3O. The lowest BCUT2D eigenvalue weighted by Gasteiger charge is -2.10. The first-order chi connectivity index (χ1) is 11.7. The zero-order valence-corrected chi connectivity index (χ0v) is 13.0. The number of halogens is 2. The summed E-state index contributed by atoms with van der Waals surface area (Å²) >= 11 is 0. The predicted octanol–water partition coefficient (Wildman–Crippen LogP) is 3.81. The minimum absolute atomic E-state index is 0.314. The van der Waals surface area contributed by atoms with Crippen molar-refractivity contribution in [2.75, 3.05) is 7.11 Å². The molecule has 0 aliphatic heterocycles. The third-order valence-electron chi connectivity index (χ3n) is 3.53. The number of benzene rings is 2. The lowest BCUT2D eigenvalue weighted by molar-refractivity contribution is 0.415. The van der Waals surface area contributed by atoms with Crippen LogP contribution in [0.25, 0.3) is 11.6 Å². The number of ether oxygens (including phenoxy) is 1. The molecule has 0 unspecified atom stereocenters. The summed E-state index contributed by atoms with van der Waals surface area (Å²) in [6.07, 6.45) is 4.78. The van der Waals surface area contributed by atoms with Gasteiger partial charge in [-0.05, 0) is 41.5 Å². The molecule has 0 spiro atoms. The van der Waals surface area contributed by atoms with Gasteiger partial charge >= 0.3 is 0 Å². The molecule has 0 radical (unpaired) electrons. The molecule has 3 aromatic rings. The number of aromatic nitrogens is 3. The summed E-state index contributed by atoms with van der Waals surface area (Å²) in [5, 5.41) is 4.05. The summed E-state index contributed by atoms with van der Waals surface area (Å²) < 4.78 is 34.1. The molecule has 24 heavy (non-hydrogen) atoms. The number of allylic oxidation sites excluding steroid dienone is 1. The van der Waals surface area contributed by atoms with Gasteiger partial charge in [-0.2, -0.15) is 5.10 Å². The van der Waals surface area contributed by atoms with Crippen LogP contribution >= 0.6 is 0 Å². The first-order valence-corrected chi connectivity index (χ1v) is 7.28. The SMILES string of the molecule is COc1ccc(/C=C(\Cn2cncn2)c2ccc(F)cc2F)cc1. The van der Waals surface area contributed by atoms with E-state index in [2.05, 4.69) is 10.1 Å². The minimum atomic E-state index is -0.616. The Hall–Kier alpha value is -3.02. The summed E-state index contributed by atoms with van der Waals surface area (Å²) in [6, 6.07) is 10.9. The molecule has 4 nitrogen and oxygen atoms in total. The van der Waals surface area contributed by atoms with Crippen LogP contribution in [-0.2, 0) is 6.54 Å². The van der Waals surface area contributed by atoms with E-state index in [1.807, 2.05) is 30.3 Å². The Morgan fingerprint density at radius 1 is 1.17 bits per heavy atom. The van der Waals surface area contributed by atoms with Crippen LogP contribution in [0.4, 0.5) is 8.78 Å². The van der Waals surface area contributed by atoms with E-state index < -0.39 is 11.6 Å². The number of hydrogen-bond donors (Lipinski definition) is 0. The van der Waals surface area contributed by atoms with E-state index in [0.717, 1.165) is 17.4 Å². The van der Waals surface area contributed by atoms with E-state index >= 15 is 0 Å². The van der Waals surface area contributed by atoms with Gasteiger partial charge in [-0.1, -0.05) is 12.1 Å². The highest BCUT2D eigenvalue weighted by atomic mass is 19.1. The van der Waals surface area contributed by atoms with Crippen LogP contribution < -0.4 is 4.74 Å². The summed E-state index contributed by atoms with van der Waals surface area (Å²) in [6.45, 7) is 0.314. The highest BCUT2D eigenvalue weighted by Gasteiger charge is 2.11. The zero-order valence-electron chi connectivity index (χ0n) is 13.0. The molecule has 0 aliphatic carbocycles. The third kappa shape index (κ3) is 3.65. The highest BCUT2D eigenvalue weighted by Crippen LogP contribution is 2.24. The van der Waals surface area contributed by atoms with Crippen molar-refractivity contribution in [3.05, 3.63) is 77.9 Å². The van der Waals surface area contributed by atoms with Gasteiger partial charge in [0.2, 0.25) is 0 Å². The first-order valence-electron chi connectivity index (χ1n) is 7.28. The van der Waals surface area contributed by atoms with Crippen LogP contribution in [0.5, 0.6) is 5.75 Å². The van der Waals surface area contributed by atoms with Gasteiger partial charge in [-0.25, -0.2) is 18.4 Å². The van der Waals surface area contributed by atoms with Crippen LogP contribution in [0.2, 0.25) is 0 Å². The van der Waals surface area contributed by atoms with Crippen molar-refractivity contribution < 1.29 is 13.5 Å². The van der Waals surface area contributed by atoms with Crippen LogP contribution in [-0.4, -0.2) is 21.9 Å². The fraction of sp³-hybridized carbons (Fsp3) is 0.111. The Bertz CT molecular complexity index is 843. The van der Waals surface area contributed by atoms with Gasteiger partial charge < -0.3 is 4.74 Å². The maximum atomic E-state index is 14.2. The Morgan fingerprint density at radius 2 is 1.96 bits per heavy atom. The van der Waals surface area contributed by atoms with Crippen LogP contribution in [0.3, 0.4) is 0 Å². The minimum Gasteiger partial charge on any atom is -0.497 e. The van der Waals surface area contributed by atoms with E-state index in [1.165, 1.54) is 18.5 Å². The van der Waals surface area contributed by atoms with Gasteiger partial charge in [0.05, 0.1) is 13.7 Å². The standard InChI is InChI=1S/C18H15F2N3O/c1-24-16-5-2-13(3-6-16)8-14(10-23-12-21-11-22-23)17-7-4-15(19)9-18(17)20/h2-9,11-12H,10H2,1H3/b14-8+. The maximum Gasteiger partial charge on any atom is 0.137 e. The lowest BCUT2D eigenvalue weighted by Crippen LogP contribution is -2.03. The number of rotatable bonds is 5. The molecule has 0 fully saturated rings. The summed E-state index contributed by atoms with van der Waals surface area (Å²) in [4.78, 5) is 3.89. The fourth-order valence-corrected chi connectivity index (χ4v) is 2.35. The number of nitrogens with zero attached hydrogens (tertiary/aromatic N) is 3. The monoisotopic (exact) mass is 327 g/mol. The maximum absolute atomic E-state index is 14.2. The van der Waals surface area contributed by atoms with Crippen molar-refractivity contribution in [2.24, 2.45) is 0 Å². The fourth-order valence-electron chi connectivity index (χ4n) is 2.35. The molecule has 2 aromatic carbocycles. The second-order valence-corrected chi connectivity index (χ2v) is 5.16. The van der Waals surface area contributed by atoms with Crippen LogP contribution in [0.1, 0.15) is 11.1 Å². The molecule has 1 aromatic heterocycles. The molecule has 0 atom stereocenters. The summed E-state index contributed by atoms with van der Waals surface area (Å²) in [5.41, 5.74) is 1.85. The van der Waals surface area contributed by atoms with Gasteiger partial charge in [0, 0.05) is 11.6 Å². The Morgan fingerprint density at radius 3 is 2.58 bits per heavy atom. The highest BCUT2D eigenvalue weighted by molar-refractivity contribution is 5.81. The van der Waals surface area contributed by atoms with Gasteiger partial charge in [0.15, 0.2) is 0 Å². The molecule has 3 rings (SSSR count). The first kappa shape index (κ1) is 15.9. The van der Waals surface area contributed by atoms with Crippen molar-refractivity contribution in [3.63, 3.8) is 0 Å². The number of hydrogen-bond acceptors (Lipinski definition) is 3. The smallest absolute Gasteiger partial charge is 0.137 e. The largest absolute Gasteiger partial charge is 0.497 e. The lowest BCUT2D eigenvalue weighted by atomic mass is 10.0. The molecule has 0 saturated heterocycles. The van der Waals surface area contributed by atoms with Crippen LogP contribution in [0, 0.1) is 11.6 Å². The Balaban J connectivity index is 2.01. The molecule has 0 saturated carbocycles. The van der Waals surface area contributed by atoms with E-state index in [9.17, 15) is 8.78 Å². The predicted molar refractivity (Wildman–Crippen MR) is 87.2 cm³/mol. The van der Waals surface area contributed by atoms with Crippen molar-refractivity contribution in [2.45, 2.75) is 6.54 Å². The summed E-state index contributed by atoms with van der Waals surface area (Å²) in [7, 11) is 1.59. The average molecular weight is 327 g/mol. The molecule has 122 valence electrons. The molecule has 1 heterocycles. The van der Waals surface area contributed by atoms with Crippen molar-refractivity contribution in [1.82, 2.24) is 14.8 Å². The van der Waals surface area contributed by atoms with E-state index in [1.54, 1.807) is 18.1 Å². The molecule has 0 bridgehead atoms. The number of methoxy groups -OCH3 is 1. The molecular weight excluding hydrogens is 312 g/mol. The molecule has 0 N–H and O–H groups in total. The quantitative estimate of drug-likeness (QED) is 0.669. The van der Waals surface area contributed by atoms with E-state index in [4.69, 9.17) is 4.74 Å². The summed E-state index contributed by atoms with van der Waals surface area (Å²) in [5.74, 6) is -0.492. The molecule has 0 aliphatic rings.